The van der Waals surface area contributed by atoms with Gasteiger partial charge in [-0.15, -0.1) is 0 Å². The molecule has 1 fully saturated rings. The first-order valence-corrected chi connectivity index (χ1v) is 6.54. The van der Waals surface area contributed by atoms with Crippen molar-refractivity contribution in [2.75, 3.05) is 6.61 Å². The molecule has 1 aliphatic rings. The van der Waals surface area contributed by atoms with Crippen molar-refractivity contribution in [2.45, 2.75) is 37.4 Å². The minimum atomic E-state index is -2.20. The summed E-state index contributed by atoms with van der Waals surface area (Å²) in [6.07, 6.45) is -1.22. The maximum Gasteiger partial charge on any atom is 0.242 e. The smallest absolute Gasteiger partial charge is 0.242 e. The topological polar surface area (TPSA) is 120 Å². The standard InChI is InChI=1S/C13H17N3O5/c1-7-8-3-4-10(16(8)15-6-14-7)13(20)12(2,19)11(18)9(5-17)21-13/h3-4,6,9,11,17-20H,5H2,1-2H3/t9-,11-,12-,13+/m1/s1. The van der Waals surface area contributed by atoms with Crippen LogP contribution in [0.5, 0.6) is 0 Å². The molecule has 2 aromatic heterocycles. The number of ether oxygens (including phenoxy) is 1. The van der Waals surface area contributed by atoms with E-state index in [1.165, 1.54) is 23.8 Å². The number of rotatable bonds is 2. The van der Waals surface area contributed by atoms with Crippen LogP contribution in [0.15, 0.2) is 18.5 Å². The van der Waals surface area contributed by atoms with Crippen LogP contribution in [0, 0.1) is 6.92 Å². The van der Waals surface area contributed by atoms with E-state index in [9.17, 15) is 20.4 Å². The van der Waals surface area contributed by atoms with Gasteiger partial charge in [-0.3, -0.25) is 0 Å². The lowest BCUT2D eigenvalue weighted by atomic mass is 9.88. The third kappa shape index (κ3) is 1.74. The molecule has 114 valence electrons. The highest BCUT2D eigenvalue weighted by Crippen LogP contribution is 2.45. The van der Waals surface area contributed by atoms with Gasteiger partial charge in [-0.1, -0.05) is 0 Å². The Bertz CT molecular complexity index is 685. The predicted octanol–water partition coefficient (Wildman–Crippen LogP) is -1.31. The van der Waals surface area contributed by atoms with Gasteiger partial charge in [0.25, 0.3) is 0 Å². The van der Waals surface area contributed by atoms with Gasteiger partial charge in [-0.2, -0.15) is 5.10 Å². The molecule has 0 aliphatic carbocycles. The predicted molar refractivity (Wildman–Crippen MR) is 70.2 cm³/mol. The van der Waals surface area contributed by atoms with Crippen molar-refractivity contribution < 1.29 is 25.2 Å². The van der Waals surface area contributed by atoms with Gasteiger partial charge in [0.1, 0.15) is 29.8 Å². The molecule has 3 heterocycles. The number of fused-ring (bicyclic) bond motifs is 1. The molecule has 0 aromatic carbocycles. The molecule has 3 rings (SSSR count). The second-order valence-electron chi connectivity index (χ2n) is 5.44. The maximum absolute atomic E-state index is 10.8. The number of hydrogen-bond donors (Lipinski definition) is 4. The summed E-state index contributed by atoms with van der Waals surface area (Å²) in [5.41, 5.74) is -0.518. The lowest BCUT2D eigenvalue weighted by Gasteiger charge is -2.33. The van der Waals surface area contributed by atoms with Gasteiger partial charge in [0.2, 0.25) is 5.79 Å². The van der Waals surface area contributed by atoms with Crippen molar-refractivity contribution in [1.82, 2.24) is 14.6 Å². The fourth-order valence-electron chi connectivity index (χ4n) is 2.74. The first kappa shape index (κ1) is 14.4. The molecular formula is C13H17N3O5. The molecule has 4 N–H and O–H groups in total. The van der Waals surface area contributed by atoms with Crippen LogP contribution >= 0.6 is 0 Å². The van der Waals surface area contributed by atoms with Crippen LogP contribution in [0.25, 0.3) is 5.52 Å². The van der Waals surface area contributed by atoms with Crippen LogP contribution in [0.4, 0.5) is 0 Å². The summed E-state index contributed by atoms with van der Waals surface area (Å²) in [5, 5.41) is 44.6. The van der Waals surface area contributed by atoms with E-state index in [0.717, 1.165) is 0 Å². The maximum atomic E-state index is 10.8. The molecule has 0 radical (unpaired) electrons. The van der Waals surface area contributed by atoms with E-state index in [2.05, 4.69) is 10.1 Å². The average molecular weight is 295 g/mol. The minimum absolute atomic E-state index is 0.156. The fraction of sp³-hybridized carbons (Fsp3) is 0.538. The van der Waals surface area contributed by atoms with Crippen LogP contribution < -0.4 is 0 Å². The molecule has 8 nitrogen and oxygen atoms in total. The Labute approximate surface area is 120 Å². The summed E-state index contributed by atoms with van der Waals surface area (Å²) in [6, 6.07) is 3.22. The highest BCUT2D eigenvalue weighted by Gasteiger charge is 2.64. The number of aliphatic hydroxyl groups excluding tert-OH is 2. The SMILES string of the molecule is Cc1ncnn2c([C@]3(O)O[C@H](CO)[C@@H](O)[C@@]3(C)O)ccc12. The fourth-order valence-corrected chi connectivity index (χ4v) is 2.74. The monoisotopic (exact) mass is 295 g/mol. The van der Waals surface area contributed by atoms with E-state index >= 15 is 0 Å². The molecule has 21 heavy (non-hydrogen) atoms. The van der Waals surface area contributed by atoms with E-state index in [4.69, 9.17) is 4.74 Å². The molecule has 0 bridgehead atoms. The van der Waals surface area contributed by atoms with E-state index < -0.39 is 30.2 Å². The van der Waals surface area contributed by atoms with E-state index in [0.29, 0.717) is 11.2 Å². The first-order chi connectivity index (χ1) is 9.83. The zero-order chi connectivity index (χ0) is 15.4. The van der Waals surface area contributed by atoms with Crippen LogP contribution in [0.2, 0.25) is 0 Å². The van der Waals surface area contributed by atoms with Crippen molar-refractivity contribution >= 4 is 5.52 Å². The third-order valence-electron chi connectivity index (χ3n) is 4.11. The van der Waals surface area contributed by atoms with Crippen molar-refractivity contribution in [3.8, 4) is 0 Å². The molecular weight excluding hydrogens is 278 g/mol. The molecule has 8 heteroatoms. The molecule has 0 saturated carbocycles. The molecule has 1 aliphatic heterocycles. The Morgan fingerprint density at radius 1 is 1.38 bits per heavy atom. The number of aromatic nitrogens is 3. The zero-order valence-corrected chi connectivity index (χ0v) is 11.6. The van der Waals surface area contributed by atoms with Crippen molar-refractivity contribution in [3.05, 3.63) is 29.8 Å². The summed E-state index contributed by atoms with van der Waals surface area (Å²) >= 11 is 0. The summed E-state index contributed by atoms with van der Waals surface area (Å²) < 4.78 is 6.73. The van der Waals surface area contributed by atoms with Crippen LogP contribution in [0.3, 0.4) is 0 Å². The number of aryl methyl sites for hydroxylation is 1. The van der Waals surface area contributed by atoms with Crippen molar-refractivity contribution in [3.63, 3.8) is 0 Å². The van der Waals surface area contributed by atoms with Gasteiger partial charge < -0.3 is 25.2 Å². The summed E-state index contributed by atoms with van der Waals surface area (Å²) in [6.45, 7) is 2.50. The van der Waals surface area contributed by atoms with Crippen LogP contribution in [0.1, 0.15) is 18.3 Å². The molecule has 0 unspecified atom stereocenters. The van der Waals surface area contributed by atoms with E-state index in [1.807, 2.05) is 0 Å². The second-order valence-corrected chi connectivity index (χ2v) is 5.44. The number of hydrogen-bond acceptors (Lipinski definition) is 7. The number of nitrogens with zero attached hydrogens (tertiary/aromatic N) is 3. The lowest BCUT2D eigenvalue weighted by molar-refractivity contribution is -0.275. The van der Waals surface area contributed by atoms with E-state index in [-0.39, 0.29) is 5.69 Å². The van der Waals surface area contributed by atoms with Crippen molar-refractivity contribution in [2.24, 2.45) is 0 Å². The van der Waals surface area contributed by atoms with Gasteiger partial charge in [-0.25, -0.2) is 9.50 Å². The van der Waals surface area contributed by atoms with Gasteiger partial charge in [-0.05, 0) is 26.0 Å². The normalized spacial score (nSPS) is 36.5. The Hall–Kier alpha value is -1.58. The molecule has 0 amide bonds. The average Bonchev–Trinajstić information content (AvgIpc) is 2.95. The zero-order valence-electron chi connectivity index (χ0n) is 11.6. The van der Waals surface area contributed by atoms with Gasteiger partial charge in [0.15, 0.2) is 0 Å². The Balaban J connectivity index is 2.19. The minimum Gasteiger partial charge on any atom is -0.394 e. The molecule has 2 aromatic rings. The van der Waals surface area contributed by atoms with Gasteiger partial charge in [0.05, 0.1) is 17.8 Å². The quantitative estimate of drug-likeness (QED) is 0.542. The number of aliphatic hydroxyl groups is 4. The molecule has 1 saturated heterocycles. The summed E-state index contributed by atoms with van der Waals surface area (Å²) in [4.78, 5) is 4.05. The summed E-state index contributed by atoms with van der Waals surface area (Å²) in [5.74, 6) is -2.20. The largest absolute Gasteiger partial charge is 0.394 e. The lowest BCUT2D eigenvalue weighted by Crippen LogP contribution is -2.53. The van der Waals surface area contributed by atoms with Gasteiger partial charge >= 0.3 is 0 Å². The van der Waals surface area contributed by atoms with E-state index in [1.54, 1.807) is 13.0 Å². The Morgan fingerprint density at radius 2 is 2.10 bits per heavy atom. The highest BCUT2D eigenvalue weighted by atomic mass is 16.7. The van der Waals surface area contributed by atoms with Gasteiger partial charge in [0, 0.05) is 0 Å². The van der Waals surface area contributed by atoms with Crippen LogP contribution in [-0.4, -0.2) is 59.4 Å². The van der Waals surface area contributed by atoms with Crippen molar-refractivity contribution in [1.29, 1.82) is 0 Å². The third-order valence-corrected chi connectivity index (χ3v) is 4.11. The Kier molecular flexibility index (Phi) is 3.05. The van der Waals surface area contributed by atoms with Crippen LogP contribution in [-0.2, 0) is 10.5 Å². The molecule has 0 spiro atoms. The summed E-state index contributed by atoms with van der Waals surface area (Å²) in [7, 11) is 0. The Morgan fingerprint density at radius 3 is 2.71 bits per heavy atom. The highest BCUT2D eigenvalue weighted by molar-refractivity contribution is 5.53. The first-order valence-electron chi connectivity index (χ1n) is 6.54. The second kappa shape index (κ2) is 4.46. The molecule has 4 atom stereocenters.